The zero-order valence-corrected chi connectivity index (χ0v) is 11.2. The molecule has 1 unspecified atom stereocenters. The lowest BCUT2D eigenvalue weighted by Gasteiger charge is -2.15. The molecular weight excluding hydrogens is 232 g/mol. The standard InChI is InChI=1S/C13H22N2O3/c1-9-12(17-2)5-4-10(13(9)18-3)7-15-8-11(16)6-14/h4-5,11,15-16H,6-8,14H2,1-3H3. The maximum atomic E-state index is 9.36. The minimum absolute atomic E-state index is 0.256. The number of aliphatic hydroxyl groups excluding tert-OH is 1. The molecule has 18 heavy (non-hydrogen) atoms. The van der Waals surface area contributed by atoms with E-state index in [4.69, 9.17) is 15.2 Å². The van der Waals surface area contributed by atoms with Gasteiger partial charge < -0.3 is 25.6 Å². The molecule has 0 amide bonds. The largest absolute Gasteiger partial charge is 0.496 e. The van der Waals surface area contributed by atoms with Gasteiger partial charge in [-0.2, -0.15) is 0 Å². The van der Waals surface area contributed by atoms with E-state index in [1.165, 1.54) is 0 Å². The fraction of sp³-hybridized carbons (Fsp3) is 0.538. The van der Waals surface area contributed by atoms with Crippen molar-refractivity contribution in [3.05, 3.63) is 23.3 Å². The first kappa shape index (κ1) is 14.8. The van der Waals surface area contributed by atoms with Crippen LogP contribution in [-0.4, -0.2) is 38.5 Å². The summed E-state index contributed by atoms with van der Waals surface area (Å²) in [7, 11) is 3.28. The zero-order valence-electron chi connectivity index (χ0n) is 11.2. The molecular formula is C13H22N2O3. The molecule has 1 aromatic rings. The molecule has 0 saturated carbocycles. The fourth-order valence-corrected chi connectivity index (χ4v) is 1.83. The Morgan fingerprint density at radius 3 is 2.61 bits per heavy atom. The van der Waals surface area contributed by atoms with Crippen LogP contribution in [0.1, 0.15) is 11.1 Å². The summed E-state index contributed by atoms with van der Waals surface area (Å²) in [6.45, 7) is 3.29. The highest BCUT2D eigenvalue weighted by atomic mass is 16.5. The summed E-state index contributed by atoms with van der Waals surface area (Å²) in [4.78, 5) is 0. The van der Waals surface area contributed by atoms with Crippen LogP contribution in [0.5, 0.6) is 11.5 Å². The van der Waals surface area contributed by atoms with Gasteiger partial charge >= 0.3 is 0 Å². The molecule has 4 N–H and O–H groups in total. The van der Waals surface area contributed by atoms with E-state index in [0.717, 1.165) is 22.6 Å². The molecule has 0 bridgehead atoms. The monoisotopic (exact) mass is 254 g/mol. The lowest BCUT2D eigenvalue weighted by molar-refractivity contribution is 0.179. The summed E-state index contributed by atoms with van der Waals surface area (Å²) in [6, 6.07) is 3.86. The summed E-state index contributed by atoms with van der Waals surface area (Å²) < 4.78 is 10.6. The lowest BCUT2D eigenvalue weighted by Crippen LogP contribution is -2.32. The molecule has 0 heterocycles. The quantitative estimate of drug-likeness (QED) is 0.657. The van der Waals surface area contributed by atoms with E-state index in [0.29, 0.717) is 13.1 Å². The van der Waals surface area contributed by atoms with E-state index in [-0.39, 0.29) is 6.54 Å². The number of nitrogens with one attached hydrogen (secondary N) is 1. The second-order valence-corrected chi connectivity index (χ2v) is 4.11. The van der Waals surface area contributed by atoms with Gasteiger partial charge in [-0.05, 0) is 13.0 Å². The molecule has 1 aromatic carbocycles. The number of methoxy groups -OCH3 is 2. The van der Waals surface area contributed by atoms with Gasteiger partial charge in [-0.25, -0.2) is 0 Å². The van der Waals surface area contributed by atoms with Gasteiger partial charge in [0, 0.05) is 30.8 Å². The minimum atomic E-state index is -0.518. The number of hydrogen-bond donors (Lipinski definition) is 3. The second kappa shape index (κ2) is 7.20. The van der Waals surface area contributed by atoms with Crippen LogP contribution in [0.15, 0.2) is 12.1 Å². The van der Waals surface area contributed by atoms with Crippen molar-refractivity contribution < 1.29 is 14.6 Å². The Hall–Kier alpha value is -1.30. The summed E-state index contributed by atoms with van der Waals surface area (Å²) in [5.41, 5.74) is 7.34. The van der Waals surface area contributed by atoms with E-state index in [1.54, 1.807) is 14.2 Å². The van der Waals surface area contributed by atoms with Crippen molar-refractivity contribution in [2.75, 3.05) is 27.3 Å². The van der Waals surface area contributed by atoms with Gasteiger partial charge in [0.2, 0.25) is 0 Å². The van der Waals surface area contributed by atoms with Crippen molar-refractivity contribution in [1.82, 2.24) is 5.32 Å². The first-order valence-corrected chi connectivity index (χ1v) is 5.93. The van der Waals surface area contributed by atoms with Crippen LogP contribution in [0, 0.1) is 6.92 Å². The van der Waals surface area contributed by atoms with Crippen molar-refractivity contribution in [3.63, 3.8) is 0 Å². The maximum absolute atomic E-state index is 9.36. The van der Waals surface area contributed by atoms with Gasteiger partial charge in [0.05, 0.1) is 20.3 Å². The van der Waals surface area contributed by atoms with Gasteiger partial charge in [0.15, 0.2) is 0 Å². The Bertz CT molecular complexity index is 383. The van der Waals surface area contributed by atoms with Gasteiger partial charge in [0.25, 0.3) is 0 Å². The van der Waals surface area contributed by atoms with Crippen molar-refractivity contribution in [2.45, 2.75) is 19.6 Å². The Kier molecular flexibility index (Phi) is 5.91. The highest BCUT2D eigenvalue weighted by molar-refractivity contribution is 5.49. The summed E-state index contributed by atoms with van der Waals surface area (Å²) in [5, 5.41) is 12.5. The first-order valence-electron chi connectivity index (χ1n) is 5.93. The molecule has 0 aliphatic heterocycles. The van der Waals surface area contributed by atoms with Gasteiger partial charge in [0.1, 0.15) is 11.5 Å². The van der Waals surface area contributed by atoms with E-state index >= 15 is 0 Å². The molecule has 0 aliphatic carbocycles. The van der Waals surface area contributed by atoms with Crippen LogP contribution in [0.25, 0.3) is 0 Å². The molecule has 0 aliphatic rings. The van der Waals surface area contributed by atoms with Crippen LogP contribution in [0.2, 0.25) is 0 Å². The topological polar surface area (TPSA) is 76.7 Å². The Labute approximate surface area is 108 Å². The molecule has 102 valence electrons. The third kappa shape index (κ3) is 3.60. The van der Waals surface area contributed by atoms with E-state index < -0.39 is 6.10 Å². The number of hydrogen-bond acceptors (Lipinski definition) is 5. The molecule has 0 spiro atoms. The maximum Gasteiger partial charge on any atom is 0.129 e. The Morgan fingerprint density at radius 2 is 2.06 bits per heavy atom. The molecule has 0 saturated heterocycles. The average molecular weight is 254 g/mol. The summed E-state index contributed by atoms with van der Waals surface area (Å²) in [6.07, 6.45) is -0.518. The van der Waals surface area contributed by atoms with E-state index in [9.17, 15) is 5.11 Å². The predicted octanol–water partition coefficient (Wildman–Crippen LogP) is 0.421. The van der Waals surface area contributed by atoms with Crippen LogP contribution < -0.4 is 20.5 Å². The SMILES string of the molecule is COc1ccc(CNCC(O)CN)c(OC)c1C. The normalized spacial score (nSPS) is 12.3. The minimum Gasteiger partial charge on any atom is -0.496 e. The van der Waals surface area contributed by atoms with E-state index in [2.05, 4.69) is 5.32 Å². The molecule has 1 atom stereocenters. The smallest absolute Gasteiger partial charge is 0.129 e. The van der Waals surface area contributed by atoms with Gasteiger partial charge in [-0.15, -0.1) is 0 Å². The number of rotatable bonds is 7. The number of benzene rings is 1. The van der Waals surface area contributed by atoms with Gasteiger partial charge in [-0.1, -0.05) is 6.07 Å². The lowest BCUT2D eigenvalue weighted by atomic mass is 10.1. The highest BCUT2D eigenvalue weighted by Gasteiger charge is 2.11. The second-order valence-electron chi connectivity index (χ2n) is 4.11. The number of nitrogens with two attached hydrogens (primary N) is 1. The van der Waals surface area contributed by atoms with Crippen LogP contribution >= 0.6 is 0 Å². The van der Waals surface area contributed by atoms with Crippen molar-refractivity contribution in [2.24, 2.45) is 5.73 Å². The van der Waals surface area contributed by atoms with Crippen molar-refractivity contribution in [3.8, 4) is 11.5 Å². The third-order valence-corrected chi connectivity index (χ3v) is 2.83. The third-order valence-electron chi connectivity index (χ3n) is 2.83. The number of ether oxygens (including phenoxy) is 2. The zero-order chi connectivity index (χ0) is 13.5. The van der Waals surface area contributed by atoms with Gasteiger partial charge in [-0.3, -0.25) is 0 Å². The molecule has 0 fully saturated rings. The molecule has 5 heteroatoms. The molecule has 1 rings (SSSR count). The molecule has 0 radical (unpaired) electrons. The van der Waals surface area contributed by atoms with Crippen LogP contribution in [0.3, 0.4) is 0 Å². The number of aliphatic hydroxyl groups is 1. The molecule has 5 nitrogen and oxygen atoms in total. The summed E-state index contributed by atoms with van der Waals surface area (Å²) >= 11 is 0. The fourth-order valence-electron chi connectivity index (χ4n) is 1.83. The van der Waals surface area contributed by atoms with Crippen molar-refractivity contribution in [1.29, 1.82) is 0 Å². The first-order chi connectivity index (χ1) is 8.63. The Balaban J connectivity index is 2.74. The predicted molar refractivity (Wildman–Crippen MR) is 71.1 cm³/mol. The highest BCUT2D eigenvalue weighted by Crippen LogP contribution is 2.31. The van der Waals surface area contributed by atoms with Crippen LogP contribution in [-0.2, 0) is 6.54 Å². The summed E-state index contributed by atoms with van der Waals surface area (Å²) in [5.74, 6) is 1.61. The van der Waals surface area contributed by atoms with Crippen LogP contribution in [0.4, 0.5) is 0 Å². The Morgan fingerprint density at radius 1 is 1.33 bits per heavy atom. The molecule has 0 aromatic heterocycles. The average Bonchev–Trinajstić information content (AvgIpc) is 2.39. The van der Waals surface area contributed by atoms with E-state index in [1.807, 2.05) is 19.1 Å². The van der Waals surface area contributed by atoms with Crippen molar-refractivity contribution >= 4 is 0 Å².